The van der Waals surface area contributed by atoms with Crippen molar-refractivity contribution in [3.8, 4) is 0 Å². The summed E-state index contributed by atoms with van der Waals surface area (Å²) in [6, 6.07) is 5.26. The highest BCUT2D eigenvalue weighted by molar-refractivity contribution is 7.89. The lowest BCUT2D eigenvalue weighted by molar-refractivity contribution is 0.598. The van der Waals surface area contributed by atoms with Crippen molar-refractivity contribution in [1.29, 1.82) is 0 Å². The van der Waals surface area contributed by atoms with Crippen molar-refractivity contribution in [2.24, 2.45) is 5.14 Å². The lowest BCUT2D eigenvalue weighted by atomic mass is 10.2. The molecular weight excluding hydrogens is 274 g/mol. The summed E-state index contributed by atoms with van der Waals surface area (Å²) in [5.74, 6) is 0. The monoisotopic (exact) mass is 299 g/mol. The Morgan fingerprint density at radius 3 is 2.35 bits per heavy atom. The predicted molar refractivity (Wildman–Crippen MR) is 84.2 cm³/mol. The van der Waals surface area contributed by atoms with Gasteiger partial charge in [-0.3, -0.25) is 0 Å². The van der Waals surface area contributed by atoms with E-state index in [1.807, 2.05) is 0 Å². The molecular formula is C14H25N3O2S. The SMILES string of the molecule is CCCCCN(c1ccc(S(N)(=O)=O)c(N)c1)C(C)C. The molecule has 0 amide bonds. The van der Waals surface area contributed by atoms with Gasteiger partial charge in [0, 0.05) is 18.3 Å². The van der Waals surface area contributed by atoms with Crippen LogP contribution in [0.2, 0.25) is 0 Å². The highest BCUT2D eigenvalue weighted by Crippen LogP contribution is 2.25. The second kappa shape index (κ2) is 6.95. The molecule has 0 aromatic heterocycles. The van der Waals surface area contributed by atoms with Crippen molar-refractivity contribution < 1.29 is 8.42 Å². The van der Waals surface area contributed by atoms with Gasteiger partial charge in [0.2, 0.25) is 10.0 Å². The minimum absolute atomic E-state index is 0.0153. The summed E-state index contributed by atoms with van der Waals surface area (Å²) in [6.45, 7) is 7.31. The van der Waals surface area contributed by atoms with E-state index < -0.39 is 10.0 Å². The largest absolute Gasteiger partial charge is 0.398 e. The summed E-state index contributed by atoms with van der Waals surface area (Å²) in [5.41, 5.74) is 6.95. The standard InChI is InChI=1S/C14H25N3O2S/c1-4-5-6-9-17(11(2)3)12-7-8-14(13(15)10-12)20(16,18)19/h7-8,10-11H,4-6,9,15H2,1-3H3,(H2,16,18,19). The number of unbranched alkanes of at least 4 members (excludes halogenated alkanes) is 2. The molecule has 114 valence electrons. The van der Waals surface area contributed by atoms with Gasteiger partial charge in [-0.15, -0.1) is 0 Å². The molecule has 1 aromatic carbocycles. The number of hydrogen-bond acceptors (Lipinski definition) is 4. The molecule has 0 spiro atoms. The fourth-order valence-electron chi connectivity index (χ4n) is 2.19. The van der Waals surface area contributed by atoms with E-state index in [0.29, 0.717) is 6.04 Å². The average molecular weight is 299 g/mol. The molecule has 6 heteroatoms. The number of hydrogen-bond donors (Lipinski definition) is 2. The van der Waals surface area contributed by atoms with Crippen LogP contribution < -0.4 is 15.8 Å². The Morgan fingerprint density at radius 1 is 1.25 bits per heavy atom. The van der Waals surface area contributed by atoms with E-state index in [4.69, 9.17) is 10.9 Å². The molecule has 0 radical (unpaired) electrons. The normalized spacial score (nSPS) is 11.8. The van der Waals surface area contributed by atoms with Crippen LogP contribution in [0.15, 0.2) is 23.1 Å². The first-order chi connectivity index (χ1) is 9.27. The number of nitrogen functional groups attached to an aromatic ring is 1. The van der Waals surface area contributed by atoms with Crippen LogP contribution in [0.25, 0.3) is 0 Å². The van der Waals surface area contributed by atoms with Gasteiger partial charge in [0.05, 0.1) is 5.69 Å². The van der Waals surface area contributed by atoms with Gasteiger partial charge in [0.25, 0.3) is 0 Å². The molecule has 4 N–H and O–H groups in total. The van der Waals surface area contributed by atoms with E-state index in [9.17, 15) is 8.42 Å². The number of primary sulfonamides is 1. The highest BCUT2D eigenvalue weighted by atomic mass is 32.2. The van der Waals surface area contributed by atoms with E-state index in [-0.39, 0.29) is 10.6 Å². The number of nitrogens with zero attached hydrogens (tertiary/aromatic N) is 1. The van der Waals surface area contributed by atoms with Crippen LogP contribution in [0.3, 0.4) is 0 Å². The second-order valence-corrected chi connectivity index (χ2v) is 6.79. The Morgan fingerprint density at radius 2 is 1.90 bits per heavy atom. The third-order valence-corrected chi connectivity index (χ3v) is 4.24. The molecule has 0 aliphatic carbocycles. The molecule has 0 fully saturated rings. The summed E-state index contributed by atoms with van der Waals surface area (Å²) < 4.78 is 22.7. The molecule has 1 rings (SSSR count). The van der Waals surface area contributed by atoms with Crippen molar-refractivity contribution in [1.82, 2.24) is 0 Å². The smallest absolute Gasteiger partial charge is 0.240 e. The zero-order chi connectivity index (χ0) is 15.3. The molecule has 0 saturated heterocycles. The van der Waals surface area contributed by atoms with Gasteiger partial charge in [-0.05, 0) is 38.5 Å². The summed E-state index contributed by atoms with van der Waals surface area (Å²) >= 11 is 0. The Hall–Kier alpha value is -1.27. The summed E-state index contributed by atoms with van der Waals surface area (Å²) in [6.07, 6.45) is 3.44. The first-order valence-electron chi connectivity index (χ1n) is 6.96. The number of rotatable bonds is 7. The molecule has 0 saturated carbocycles. The highest BCUT2D eigenvalue weighted by Gasteiger charge is 2.16. The first kappa shape index (κ1) is 16.8. The topological polar surface area (TPSA) is 89.4 Å². The van der Waals surface area contributed by atoms with Crippen molar-refractivity contribution in [2.75, 3.05) is 17.2 Å². The summed E-state index contributed by atoms with van der Waals surface area (Å²) in [5, 5.41) is 5.12. The first-order valence-corrected chi connectivity index (χ1v) is 8.51. The molecule has 1 aromatic rings. The number of sulfonamides is 1. The van der Waals surface area contributed by atoms with Crippen LogP contribution in [-0.4, -0.2) is 21.0 Å². The van der Waals surface area contributed by atoms with Crippen molar-refractivity contribution in [3.05, 3.63) is 18.2 Å². The van der Waals surface area contributed by atoms with Crippen molar-refractivity contribution in [2.45, 2.75) is 51.0 Å². The molecule has 0 heterocycles. The Kier molecular flexibility index (Phi) is 5.83. The maximum atomic E-state index is 11.4. The van der Waals surface area contributed by atoms with Gasteiger partial charge < -0.3 is 10.6 Å². The van der Waals surface area contributed by atoms with E-state index >= 15 is 0 Å². The van der Waals surface area contributed by atoms with Gasteiger partial charge in [0.15, 0.2) is 0 Å². The van der Waals surface area contributed by atoms with Gasteiger partial charge in [-0.25, -0.2) is 13.6 Å². The summed E-state index contributed by atoms with van der Waals surface area (Å²) in [7, 11) is -3.76. The minimum atomic E-state index is -3.76. The predicted octanol–water partition coefficient (Wildman–Crippen LogP) is 2.32. The molecule has 0 atom stereocenters. The molecule has 0 unspecified atom stereocenters. The van der Waals surface area contributed by atoms with E-state index in [1.54, 1.807) is 12.1 Å². The third kappa shape index (κ3) is 4.38. The molecule has 0 aliphatic rings. The van der Waals surface area contributed by atoms with E-state index in [2.05, 4.69) is 25.7 Å². The van der Waals surface area contributed by atoms with Gasteiger partial charge >= 0.3 is 0 Å². The number of benzene rings is 1. The van der Waals surface area contributed by atoms with E-state index in [0.717, 1.165) is 18.7 Å². The lowest BCUT2D eigenvalue weighted by Gasteiger charge is -2.29. The maximum absolute atomic E-state index is 11.4. The molecule has 5 nitrogen and oxygen atoms in total. The number of anilines is 2. The minimum Gasteiger partial charge on any atom is -0.398 e. The zero-order valence-corrected chi connectivity index (χ0v) is 13.3. The second-order valence-electron chi connectivity index (χ2n) is 5.26. The van der Waals surface area contributed by atoms with Crippen LogP contribution >= 0.6 is 0 Å². The lowest BCUT2D eigenvalue weighted by Crippen LogP contribution is -2.31. The molecule has 0 bridgehead atoms. The van der Waals surface area contributed by atoms with E-state index in [1.165, 1.54) is 18.9 Å². The zero-order valence-electron chi connectivity index (χ0n) is 12.5. The van der Waals surface area contributed by atoms with Crippen molar-refractivity contribution >= 4 is 21.4 Å². The van der Waals surface area contributed by atoms with Crippen LogP contribution in [0.5, 0.6) is 0 Å². The Labute approximate surface area is 122 Å². The fourth-order valence-corrected chi connectivity index (χ4v) is 2.84. The molecule has 20 heavy (non-hydrogen) atoms. The Balaban J connectivity index is 3.01. The quantitative estimate of drug-likeness (QED) is 0.597. The van der Waals surface area contributed by atoms with Gasteiger partial charge in [-0.1, -0.05) is 19.8 Å². The fraction of sp³-hybridized carbons (Fsp3) is 0.571. The average Bonchev–Trinajstić information content (AvgIpc) is 2.32. The summed E-state index contributed by atoms with van der Waals surface area (Å²) in [4.78, 5) is 2.21. The maximum Gasteiger partial charge on any atom is 0.240 e. The number of nitrogens with two attached hydrogens (primary N) is 2. The van der Waals surface area contributed by atoms with Crippen molar-refractivity contribution in [3.63, 3.8) is 0 Å². The van der Waals surface area contributed by atoms with Crippen LogP contribution in [-0.2, 0) is 10.0 Å². The molecule has 0 aliphatic heterocycles. The van der Waals surface area contributed by atoms with Crippen LogP contribution in [0, 0.1) is 0 Å². The van der Waals surface area contributed by atoms with Crippen LogP contribution in [0.1, 0.15) is 40.0 Å². The van der Waals surface area contributed by atoms with Crippen LogP contribution in [0.4, 0.5) is 11.4 Å². The Bertz CT molecular complexity index is 541. The third-order valence-electron chi connectivity index (χ3n) is 3.26. The van der Waals surface area contributed by atoms with Gasteiger partial charge in [0.1, 0.15) is 4.90 Å². The van der Waals surface area contributed by atoms with Gasteiger partial charge in [-0.2, -0.15) is 0 Å².